The van der Waals surface area contributed by atoms with Crippen molar-refractivity contribution in [1.82, 2.24) is 9.78 Å². The standard InChI is InChI=1S/C12H19N3O2/c1-12(2)5-3-8(4-6-12)15-10(13)9(7-14-15)11(16)17/h7-8H,3-6,13H2,1-2H3,(H,16,17). The van der Waals surface area contributed by atoms with E-state index < -0.39 is 5.97 Å². The zero-order chi connectivity index (χ0) is 12.6. The van der Waals surface area contributed by atoms with Gasteiger partial charge in [0.05, 0.1) is 12.2 Å². The molecule has 0 unspecified atom stereocenters. The molecule has 0 spiro atoms. The number of carboxylic acids is 1. The number of hydrogen-bond acceptors (Lipinski definition) is 3. The Morgan fingerprint density at radius 3 is 2.59 bits per heavy atom. The predicted octanol–water partition coefficient (Wildman–Crippen LogP) is 2.30. The maximum absolute atomic E-state index is 10.9. The van der Waals surface area contributed by atoms with Crippen LogP contribution in [0.3, 0.4) is 0 Å². The SMILES string of the molecule is CC1(C)CCC(n2ncc(C(=O)O)c2N)CC1. The van der Waals surface area contributed by atoms with Crippen molar-refractivity contribution in [2.75, 3.05) is 5.73 Å². The van der Waals surface area contributed by atoms with E-state index in [1.807, 2.05) is 0 Å². The highest BCUT2D eigenvalue weighted by Crippen LogP contribution is 2.40. The second-order valence-corrected chi connectivity index (χ2v) is 5.59. The first-order valence-electron chi connectivity index (χ1n) is 5.97. The Labute approximate surface area is 101 Å². The monoisotopic (exact) mass is 237 g/mol. The number of anilines is 1. The highest BCUT2D eigenvalue weighted by atomic mass is 16.4. The molecule has 5 heteroatoms. The maximum atomic E-state index is 10.9. The van der Waals surface area contributed by atoms with E-state index >= 15 is 0 Å². The van der Waals surface area contributed by atoms with E-state index in [-0.39, 0.29) is 17.4 Å². The van der Waals surface area contributed by atoms with Crippen molar-refractivity contribution in [2.24, 2.45) is 5.41 Å². The topological polar surface area (TPSA) is 81.1 Å². The molecule has 0 atom stereocenters. The molecule has 0 amide bonds. The summed E-state index contributed by atoms with van der Waals surface area (Å²) in [6.45, 7) is 4.52. The number of carboxylic acid groups (broad SMARTS) is 1. The predicted molar refractivity (Wildman–Crippen MR) is 64.9 cm³/mol. The van der Waals surface area contributed by atoms with E-state index in [4.69, 9.17) is 10.8 Å². The van der Waals surface area contributed by atoms with Gasteiger partial charge in [-0.15, -0.1) is 0 Å². The molecule has 1 aliphatic rings. The number of carbonyl (C=O) groups is 1. The molecule has 0 aromatic carbocycles. The van der Waals surface area contributed by atoms with Gasteiger partial charge >= 0.3 is 5.97 Å². The maximum Gasteiger partial charge on any atom is 0.341 e. The van der Waals surface area contributed by atoms with Crippen LogP contribution < -0.4 is 5.73 Å². The van der Waals surface area contributed by atoms with E-state index in [0.29, 0.717) is 5.41 Å². The third-order valence-corrected chi connectivity index (χ3v) is 3.72. The fraction of sp³-hybridized carbons (Fsp3) is 0.667. The lowest BCUT2D eigenvalue weighted by atomic mass is 9.75. The molecule has 0 aliphatic heterocycles. The molecule has 1 heterocycles. The molecule has 0 radical (unpaired) electrons. The lowest BCUT2D eigenvalue weighted by Crippen LogP contribution is -2.25. The molecular formula is C12H19N3O2. The van der Waals surface area contributed by atoms with E-state index in [1.165, 1.54) is 6.20 Å². The first-order valence-corrected chi connectivity index (χ1v) is 5.97. The number of nitrogens with two attached hydrogens (primary N) is 1. The first kappa shape index (κ1) is 12.0. The van der Waals surface area contributed by atoms with Crippen molar-refractivity contribution < 1.29 is 9.90 Å². The highest BCUT2D eigenvalue weighted by molar-refractivity contribution is 5.92. The Bertz CT molecular complexity index is 427. The second kappa shape index (κ2) is 4.05. The van der Waals surface area contributed by atoms with Gasteiger partial charge in [-0.3, -0.25) is 0 Å². The zero-order valence-corrected chi connectivity index (χ0v) is 10.3. The Morgan fingerprint density at radius 2 is 2.12 bits per heavy atom. The van der Waals surface area contributed by atoms with Gasteiger partial charge in [0.2, 0.25) is 0 Å². The summed E-state index contributed by atoms with van der Waals surface area (Å²) in [5.41, 5.74) is 6.31. The van der Waals surface area contributed by atoms with Crippen LogP contribution in [0.4, 0.5) is 5.82 Å². The van der Waals surface area contributed by atoms with Gasteiger partial charge in [-0.25, -0.2) is 9.48 Å². The highest BCUT2D eigenvalue weighted by Gasteiger charge is 2.29. The summed E-state index contributed by atoms with van der Waals surface area (Å²) in [4.78, 5) is 10.9. The van der Waals surface area contributed by atoms with Crippen LogP contribution in [-0.4, -0.2) is 20.9 Å². The van der Waals surface area contributed by atoms with Crippen molar-refractivity contribution in [1.29, 1.82) is 0 Å². The number of aromatic nitrogens is 2. The molecule has 2 rings (SSSR count). The molecule has 94 valence electrons. The molecule has 0 bridgehead atoms. The van der Waals surface area contributed by atoms with Crippen LogP contribution >= 0.6 is 0 Å². The number of nitrogens with zero attached hydrogens (tertiary/aromatic N) is 2. The number of hydrogen-bond donors (Lipinski definition) is 2. The summed E-state index contributed by atoms with van der Waals surface area (Å²) in [6.07, 6.45) is 5.62. The van der Waals surface area contributed by atoms with Crippen molar-refractivity contribution in [3.8, 4) is 0 Å². The Kier molecular flexibility index (Phi) is 2.85. The minimum Gasteiger partial charge on any atom is -0.477 e. The van der Waals surface area contributed by atoms with Gasteiger partial charge in [0, 0.05) is 0 Å². The number of aromatic carboxylic acids is 1. The number of rotatable bonds is 2. The van der Waals surface area contributed by atoms with Crippen LogP contribution in [0.5, 0.6) is 0 Å². The van der Waals surface area contributed by atoms with Gasteiger partial charge in [0.25, 0.3) is 0 Å². The van der Waals surface area contributed by atoms with Gasteiger partial charge in [-0.2, -0.15) is 5.10 Å². The van der Waals surface area contributed by atoms with Crippen LogP contribution in [0, 0.1) is 5.41 Å². The molecule has 1 aromatic rings. The minimum atomic E-state index is -1.01. The molecule has 17 heavy (non-hydrogen) atoms. The second-order valence-electron chi connectivity index (χ2n) is 5.59. The molecular weight excluding hydrogens is 218 g/mol. The fourth-order valence-corrected chi connectivity index (χ4v) is 2.46. The van der Waals surface area contributed by atoms with Gasteiger partial charge in [0.1, 0.15) is 11.4 Å². The third-order valence-electron chi connectivity index (χ3n) is 3.72. The summed E-state index contributed by atoms with van der Waals surface area (Å²) < 4.78 is 1.68. The average Bonchev–Trinajstić information content (AvgIpc) is 2.60. The summed E-state index contributed by atoms with van der Waals surface area (Å²) in [5, 5.41) is 13.0. The lowest BCUT2D eigenvalue weighted by molar-refractivity contribution is 0.0698. The molecule has 0 saturated heterocycles. The largest absolute Gasteiger partial charge is 0.477 e. The van der Waals surface area contributed by atoms with E-state index in [0.717, 1.165) is 25.7 Å². The first-order chi connectivity index (χ1) is 7.91. The molecule has 1 aliphatic carbocycles. The molecule has 1 fully saturated rings. The van der Waals surface area contributed by atoms with Crippen molar-refractivity contribution in [3.05, 3.63) is 11.8 Å². The van der Waals surface area contributed by atoms with Gasteiger partial charge < -0.3 is 10.8 Å². The Hall–Kier alpha value is -1.52. The third kappa shape index (κ3) is 2.28. The Balaban J connectivity index is 2.17. The zero-order valence-electron chi connectivity index (χ0n) is 10.3. The summed E-state index contributed by atoms with van der Waals surface area (Å²) in [7, 11) is 0. The quantitative estimate of drug-likeness (QED) is 0.827. The van der Waals surface area contributed by atoms with Crippen LogP contribution in [0.25, 0.3) is 0 Å². The van der Waals surface area contributed by atoms with Crippen LogP contribution in [0.15, 0.2) is 6.20 Å². The average molecular weight is 237 g/mol. The molecule has 3 N–H and O–H groups in total. The van der Waals surface area contributed by atoms with Crippen molar-refractivity contribution in [2.45, 2.75) is 45.6 Å². The van der Waals surface area contributed by atoms with Gasteiger partial charge in [-0.05, 0) is 31.1 Å². The molecule has 1 aromatic heterocycles. The summed E-state index contributed by atoms with van der Waals surface area (Å²) >= 11 is 0. The van der Waals surface area contributed by atoms with Crippen LogP contribution in [0.2, 0.25) is 0 Å². The van der Waals surface area contributed by atoms with E-state index in [2.05, 4.69) is 18.9 Å². The van der Waals surface area contributed by atoms with Gasteiger partial charge in [-0.1, -0.05) is 13.8 Å². The minimum absolute atomic E-state index is 0.106. The van der Waals surface area contributed by atoms with Crippen LogP contribution in [0.1, 0.15) is 55.9 Å². The van der Waals surface area contributed by atoms with E-state index in [1.54, 1.807) is 4.68 Å². The molecule has 1 saturated carbocycles. The van der Waals surface area contributed by atoms with E-state index in [9.17, 15) is 4.79 Å². The molecule has 5 nitrogen and oxygen atoms in total. The van der Waals surface area contributed by atoms with Gasteiger partial charge in [0.15, 0.2) is 0 Å². The summed E-state index contributed by atoms with van der Waals surface area (Å²) in [5.74, 6) is -0.730. The Morgan fingerprint density at radius 1 is 1.53 bits per heavy atom. The fourth-order valence-electron chi connectivity index (χ4n) is 2.46. The smallest absolute Gasteiger partial charge is 0.341 e. The normalized spacial score (nSPS) is 20.4. The number of nitrogen functional groups attached to an aromatic ring is 1. The van der Waals surface area contributed by atoms with Crippen molar-refractivity contribution >= 4 is 11.8 Å². The summed E-state index contributed by atoms with van der Waals surface area (Å²) in [6, 6.07) is 0.246. The lowest BCUT2D eigenvalue weighted by Gasteiger charge is -2.34. The van der Waals surface area contributed by atoms with Crippen LogP contribution in [-0.2, 0) is 0 Å². The van der Waals surface area contributed by atoms with Crippen molar-refractivity contribution in [3.63, 3.8) is 0 Å².